The second kappa shape index (κ2) is 7.19. The fourth-order valence-corrected chi connectivity index (χ4v) is 5.96. The van der Waals surface area contributed by atoms with Gasteiger partial charge < -0.3 is 0 Å². The number of benzene rings is 3. The summed E-state index contributed by atoms with van der Waals surface area (Å²) in [6, 6.07) is 29.5. The molecule has 26 heavy (non-hydrogen) atoms. The van der Waals surface area contributed by atoms with Gasteiger partial charge in [0.2, 0.25) is 0 Å². The molecule has 3 aromatic rings. The molecule has 0 bridgehead atoms. The zero-order chi connectivity index (χ0) is 17.8. The number of para-hydroxylation sites is 2. The van der Waals surface area contributed by atoms with E-state index in [0.29, 0.717) is 13.1 Å². The second-order valence-electron chi connectivity index (χ2n) is 6.05. The molecule has 5 heteroatoms. The van der Waals surface area contributed by atoms with Gasteiger partial charge in [0.15, 0.2) is 0 Å². The Kier molecular flexibility index (Phi) is 4.59. The SMILES string of the molecule is O=P(c1ccccc1)(N1C=NCC1)N(c1ccccc1)c1ccccc1. The van der Waals surface area contributed by atoms with Crippen LogP contribution in [0.1, 0.15) is 0 Å². The van der Waals surface area contributed by atoms with E-state index in [1.807, 2.05) is 100 Å². The van der Waals surface area contributed by atoms with E-state index in [0.717, 1.165) is 16.7 Å². The molecule has 4 nitrogen and oxygen atoms in total. The van der Waals surface area contributed by atoms with Gasteiger partial charge in [0, 0.05) is 17.9 Å². The molecule has 1 heterocycles. The molecule has 1 atom stereocenters. The van der Waals surface area contributed by atoms with E-state index < -0.39 is 7.44 Å². The Balaban J connectivity index is 1.96. The summed E-state index contributed by atoms with van der Waals surface area (Å²) >= 11 is 0. The summed E-state index contributed by atoms with van der Waals surface area (Å²) in [5.41, 5.74) is 1.79. The first-order valence-electron chi connectivity index (χ1n) is 8.63. The summed E-state index contributed by atoms with van der Waals surface area (Å²) in [5.74, 6) is 0. The third kappa shape index (κ3) is 2.93. The third-order valence-corrected chi connectivity index (χ3v) is 7.36. The fraction of sp³-hybridized carbons (Fsp3) is 0.0952. The van der Waals surface area contributed by atoms with Crippen LogP contribution < -0.4 is 9.97 Å². The molecule has 0 saturated carbocycles. The number of rotatable bonds is 5. The van der Waals surface area contributed by atoms with Crippen LogP contribution in [0, 0.1) is 0 Å². The minimum Gasteiger partial charge on any atom is -0.292 e. The van der Waals surface area contributed by atoms with Gasteiger partial charge in [0.25, 0.3) is 7.44 Å². The highest BCUT2D eigenvalue weighted by molar-refractivity contribution is 7.71. The Bertz CT molecular complexity index is 890. The predicted molar refractivity (Wildman–Crippen MR) is 109 cm³/mol. The largest absolute Gasteiger partial charge is 0.297 e. The molecule has 0 aliphatic carbocycles. The molecular formula is C21H20N3OP. The van der Waals surface area contributed by atoms with Crippen LogP contribution in [0.25, 0.3) is 0 Å². The molecule has 0 amide bonds. The summed E-state index contributed by atoms with van der Waals surface area (Å²) in [5, 5.41) is 0.793. The van der Waals surface area contributed by atoms with Crippen LogP contribution in [-0.2, 0) is 4.57 Å². The fourth-order valence-electron chi connectivity index (χ4n) is 3.18. The first kappa shape index (κ1) is 16.6. The molecule has 3 aromatic carbocycles. The van der Waals surface area contributed by atoms with E-state index in [1.54, 1.807) is 6.34 Å². The maximum absolute atomic E-state index is 14.7. The Labute approximate surface area is 153 Å². The normalized spacial score (nSPS) is 15.6. The predicted octanol–water partition coefficient (Wildman–Crippen LogP) is 4.69. The van der Waals surface area contributed by atoms with Crippen LogP contribution in [0.3, 0.4) is 0 Å². The van der Waals surface area contributed by atoms with Crippen molar-refractivity contribution in [2.45, 2.75) is 0 Å². The van der Waals surface area contributed by atoms with Gasteiger partial charge in [-0.1, -0.05) is 54.6 Å². The van der Waals surface area contributed by atoms with Gasteiger partial charge in [-0.3, -0.25) is 18.9 Å². The number of hydrogen-bond acceptors (Lipinski definition) is 2. The van der Waals surface area contributed by atoms with Crippen molar-refractivity contribution in [3.63, 3.8) is 0 Å². The van der Waals surface area contributed by atoms with Gasteiger partial charge in [-0.25, -0.2) is 0 Å². The van der Waals surface area contributed by atoms with Crippen LogP contribution >= 0.6 is 7.44 Å². The lowest BCUT2D eigenvalue weighted by Gasteiger charge is -2.38. The van der Waals surface area contributed by atoms with E-state index >= 15 is 0 Å². The van der Waals surface area contributed by atoms with Crippen molar-refractivity contribution in [2.24, 2.45) is 4.99 Å². The first-order valence-corrected chi connectivity index (χ1v) is 10.2. The van der Waals surface area contributed by atoms with E-state index in [-0.39, 0.29) is 0 Å². The average Bonchev–Trinajstić information content (AvgIpc) is 3.26. The molecule has 0 N–H and O–H groups in total. The van der Waals surface area contributed by atoms with Crippen molar-refractivity contribution < 1.29 is 4.57 Å². The second-order valence-corrected chi connectivity index (χ2v) is 8.57. The maximum atomic E-state index is 14.7. The molecule has 0 saturated heterocycles. The molecule has 4 rings (SSSR count). The number of nitrogens with zero attached hydrogens (tertiary/aromatic N) is 3. The molecule has 0 spiro atoms. The molecular weight excluding hydrogens is 341 g/mol. The zero-order valence-electron chi connectivity index (χ0n) is 14.3. The lowest BCUT2D eigenvalue weighted by atomic mass is 10.3. The Hall–Kier alpha value is -2.84. The first-order chi connectivity index (χ1) is 12.8. The molecule has 1 aliphatic heterocycles. The van der Waals surface area contributed by atoms with Gasteiger partial charge in [-0.05, 0) is 36.4 Å². The topological polar surface area (TPSA) is 35.9 Å². The van der Waals surface area contributed by atoms with Crippen LogP contribution in [0.2, 0.25) is 0 Å². The quantitative estimate of drug-likeness (QED) is 0.619. The number of anilines is 2. The van der Waals surface area contributed by atoms with Crippen molar-refractivity contribution >= 4 is 30.5 Å². The van der Waals surface area contributed by atoms with Gasteiger partial charge in [0.1, 0.15) is 0 Å². The smallest absolute Gasteiger partial charge is 0.292 e. The molecule has 130 valence electrons. The molecule has 0 radical (unpaired) electrons. The molecule has 0 aromatic heterocycles. The van der Waals surface area contributed by atoms with Gasteiger partial charge >= 0.3 is 0 Å². The Morgan fingerprint density at radius 1 is 0.769 bits per heavy atom. The van der Waals surface area contributed by atoms with Crippen LogP contribution in [-0.4, -0.2) is 24.1 Å². The van der Waals surface area contributed by atoms with Crippen LogP contribution in [0.15, 0.2) is 96.0 Å². The standard InChI is InChI=1S/C21H20N3OP/c25-26(23-17-16-22-18-23,21-14-8-3-9-15-21)24(19-10-4-1-5-11-19)20-12-6-2-7-13-20/h1-15,18H,16-17H2. The maximum Gasteiger partial charge on any atom is 0.297 e. The van der Waals surface area contributed by atoms with E-state index in [9.17, 15) is 4.57 Å². The van der Waals surface area contributed by atoms with Crippen molar-refractivity contribution in [2.75, 3.05) is 17.8 Å². The highest BCUT2D eigenvalue weighted by Crippen LogP contribution is 2.57. The monoisotopic (exact) mass is 361 g/mol. The zero-order valence-corrected chi connectivity index (χ0v) is 15.2. The van der Waals surface area contributed by atoms with Crippen molar-refractivity contribution in [3.05, 3.63) is 91.0 Å². The minimum absolute atomic E-state index is 0.641. The molecule has 1 unspecified atom stereocenters. The van der Waals surface area contributed by atoms with Crippen LogP contribution in [0.5, 0.6) is 0 Å². The number of aliphatic imine (C=N–C) groups is 1. The van der Waals surface area contributed by atoms with Crippen molar-refractivity contribution in [1.82, 2.24) is 4.67 Å². The van der Waals surface area contributed by atoms with E-state index in [4.69, 9.17) is 0 Å². The number of hydrogen-bond donors (Lipinski definition) is 0. The summed E-state index contributed by atoms with van der Waals surface area (Å²) < 4.78 is 18.5. The van der Waals surface area contributed by atoms with E-state index in [1.165, 1.54) is 0 Å². The van der Waals surface area contributed by atoms with Gasteiger partial charge in [-0.2, -0.15) is 0 Å². The third-order valence-electron chi connectivity index (χ3n) is 4.39. The Morgan fingerprint density at radius 2 is 1.27 bits per heavy atom. The Morgan fingerprint density at radius 3 is 1.73 bits per heavy atom. The van der Waals surface area contributed by atoms with Crippen LogP contribution in [0.4, 0.5) is 11.4 Å². The summed E-state index contributed by atoms with van der Waals surface area (Å²) in [7, 11) is -3.16. The average molecular weight is 361 g/mol. The lowest BCUT2D eigenvalue weighted by Crippen LogP contribution is -2.33. The van der Waals surface area contributed by atoms with Crippen molar-refractivity contribution in [3.8, 4) is 0 Å². The highest BCUT2D eigenvalue weighted by Gasteiger charge is 2.40. The lowest BCUT2D eigenvalue weighted by molar-refractivity contribution is 0.541. The summed E-state index contributed by atoms with van der Waals surface area (Å²) in [6.07, 6.45) is 1.73. The van der Waals surface area contributed by atoms with Gasteiger partial charge in [0.05, 0.1) is 18.2 Å². The highest BCUT2D eigenvalue weighted by atomic mass is 31.2. The van der Waals surface area contributed by atoms with E-state index in [2.05, 4.69) is 4.99 Å². The van der Waals surface area contributed by atoms with Gasteiger partial charge in [-0.15, -0.1) is 0 Å². The summed E-state index contributed by atoms with van der Waals surface area (Å²) in [4.78, 5) is 4.33. The molecule has 1 aliphatic rings. The van der Waals surface area contributed by atoms with Crippen molar-refractivity contribution in [1.29, 1.82) is 0 Å². The summed E-state index contributed by atoms with van der Waals surface area (Å²) in [6.45, 7) is 1.30. The molecule has 0 fully saturated rings. The minimum atomic E-state index is -3.16.